The Bertz CT molecular complexity index is 364. The number of rotatable bonds is 1. The predicted molar refractivity (Wildman–Crippen MR) is 60.2 cm³/mol. The van der Waals surface area contributed by atoms with Crippen LogP contribution in [0.3, 0.4) is 0 Å². The molecule has 0 spiro atoms. The molecule has 0 aromatic heterocycles. The van der Waals surface area contributed by atoms with Crippen molar-refractivity contribution in [1.82, 2.24) is 0 Å². The monoisotopic (exact) mass is 228 g/mol. The second-order valence-corrected chi connectivity index (χ2v) is 4.75. The van der Waals surface area contributed by atoms with Gasteiger partial charge in [-0.3, -0.25) is 0 Å². The zero-order chi connectivity index (χ0) is 12.4. The highest BCUT2D eigenvalue weighted by atomic mass is 19.4. The van der Waals surface area contributed by atoms with Gasteiger partial charge in [0.1, 0.15) is 0 Å². The average molecular weight is 228 g/mol. The normalized spacial score (nSPS) is 13.4. The van der Waals surface area contributed by atoms with Crippen LogP contribution in [0.1, 0.15) is 31.9 Å². The molecule has 0 N–H and O–H groups in total. The second kappa shape index (κ2) is 4.32. The molecule has 1 aromatic rings. The van der Waals surface area contributed by atoms with Crippen LogP contribution in [0.4, 0.5) is 13.2 Å². The van der Waals surface area contributed by atoms with E-state index in [1.165, 1.54) is 0 Å². The van der Waals surface area contributed by atoms with Crippen molar-refractivity contribution in [2.75, 3.05) is 0 Å². The minimum atomic E-state index is -4.25. The molecule has 0 unspecified atom stereocenters. The third-order valence-electron chi connectivity index (χ3n) is 2.24. The second-order valence-electron chi connectivity index (χ2n) is 4.75. The van der Waals surface area contributed by atoms with E-state index in [2.05, 4.69) is 20.8 Å². The van der Waals surface area contributed by atoms with Crippen LogP contribution in [0.5, 0.6) is 0 Å². The van der Waals surface area contributed by atoms with Crippen molar-refractivity contribution in [3.63, 3.8) is 0 Å². The van der Waals surface area contributed by atoms with E-state index in [0.717, 1.165) is 11.6 Å². The SMILES string of the molecule is CC(C)(C)c1ccc(C=CC(F)(F)F)cc1. The topological polar surface area (TPSA) is 0 Å². The van der Waals surface area contributed by atoms with E-state index in [0.29, 0.717) is 5.56 Å². The van der Waals surface area contributed by atoms with Gasteiger partial charge in [0.2, 0.25) is 0 Å². The van der Waals surface area contributed by atoms with E-state index in [1.807, 2.05) is 12.1 Å². The average Bonchev–Trinajstić information content (AvgIpc) is 2.13. The molecule has 3 heteroatoms. The Kier molecular flexibility index (Phi) is 3.46. The van der Waals surface area contributed by atoms with Crippen LogP contribution in [-0.2, 0) is 5.41 Å². The zero-order valence-electron chi connectivity index (χ0n) is 9.60. The van der Waals surface area contributed by atoms with Crippen LogP contribution in [0, 0.1) is 0 Å². The van der Waals surface area contributed by atoms with Gasteiger partial charge in [-0.25, -0.2) is 0 Å². The van der Waals surface area contributed by atoms with Gasteiger partial charge in [-0.2, -0.15) is 13.2 Å². The highest BCUT2D eigenvalue weighted by Crippen LogP contribution is 2.23. The van der Waals surface area contributed by atoms with Gasteiger partial charge in [-0.15, -0.1) is 0 Å². The molecule has 0 atom stereocenters. The Morgan fingerprint density at radius 2 is 1.44 bits per heavy atom. The lowest BCUT2D eigenvalue weighted by Gasteiger charge is -2.18. The molecule has 0 aliphatic rings. The smallest absolute Gasteiger partial charge is 0.167 e. The fourth-order valence-electron chi connectivity index (χ4n) is 1.28. The van der Waals surface area contributed by atoms with Crippen LogP contribution in [0.15, 0.2) is 30.3 Å². The predicted octanol–water partition coefficient (Wildman–Crippen LogP) is 4.56. The summed E-state index contributed by atoms with van der Waals surface area (Å²) in [6.07, 6.45) is -2.92. The van der Waals surface area contributed by atoms with Gasteiger partial charge in [0.25, 0.3) is 0 Å². The summed E-state index contributed by atoms with van der Waals surface area (Å²) >= 11 is 0. The fourth-order valence-corrected chi connectivity index (χ4v) is 1.28. The van der Waals surface area contributed by atoms with E-state index >= 15 is 0 Å². The van der Waals surface area contributed by atoms with Crippen LogP contribution in [0.2, 0.25) is 0 Å². The molecular weight excluding hydrogens is 213 g/mol. The van der Waals surface area contributed by atoms with Gasteiger partial charge in [0, 0.05) is 6.08 Å². The molecule has 0 radical (unpaired) electrons. The first-order chi connectivity index (χ1) is 7.18. The molecule has 0 saturated carbocycles. The molecule has 0 aliphatic carbocycles. The van der Waals surface area contributed by atoms with Gasteiger partial charge < -0.3 is 0 Å². The molecular formula is C13H15F3. The summed E-state index contributed by atoms with van der Waals surface area (Å²) in [5, 5.41) is 0. The molecule has 0 bridgehead atoms. The molecule has 0 nitrogen and oxygen atoms in total. The maximum Gasteiger partial charge on any atom is 0.409 e. The number of benzene rings is 1. The Labute approximate surface area is 93.8 Å². The first kappa shape index (κ1) is 12.8. The van der Waals surface area contributed by atoms with Crippen LogP contribution < -0.4 is 0 Å². The van der Waals surface area contributed by atoms with E-state index in [4.69, 9.17) is 0 Å². The summed E-state index contributed by atoms with van der Waals surface area (Å²) < 4.78 is 35.8. The molecule has 0 amide bonds. The van der Waals surface area contributed by atoms with Gasteiger partial charge in [-0.1, -0.05) is 51.1 Å². The Morgan fingerprint density at radius 3 is 1.81 bits per heavy atom. The molecule has 1 aromatic carbocycles. The summed E-state index contributed by atoms with van der Waals surface area (Å²) in [5.74, 6) is 0. The van der Waals surface area contributed by atoms with Crippen LogP contribution in [0.25, 0.3) is 6.08 Å². The molecule has 16 heavy (non-hydrogen) atoms. The Balaban J connectivity index is 2.85. The molecule has 0 fully saturated rings. The highest BCUT2D eigenvalue weighted by molar-refractivity contribution is 5.50. The molecule has 88 valence electrons. The molecule has 1 rings (SSSR count). The van der Waals surface area contributed by atoms with Gasteiger partial charge in [0.05, 0.1) is 0 Å². The molecule has 0 aliphatic heterocycles. The van der Waals surface area contributed by atoms with E-state index in [1.54, 1.807) is 12.1 Å². The van der Waals surface area contributed by atoms with Crippen LogP contribution in [-0.4, -0.2) is 6.18 Å². The number of alkyl halides is 3. The Morgan fingerprint density at radius 1 is 0.938 bits per heavy atom. The standard InChI is InChI=1S/C13H15F3/c1-12(2,3)11-6-4-10(5-7-11)8-9-13(14,15)16/h4-9H,1-3H3. The Hall–Kier alpha value is -1.25. The van der Waals surface area contributed by atoms with Crippen LogP contribution >= 0.6 is 0 Å². The lowest BCUT2D eigenvalue weighted by Crippen LogP contribution is -2.10. The summed E-state index contributed by atoms with van der Waals surface area (Å²) in [6.45, 7) is 6.19. The fraction of sp³-hybridized carbons (Fsp3) is 0.385. The first-order valence-corrected chi connectivity index (χ1v) is 5.05. The lowest BCUT2D eigenvalue weighted by atomic mass is 9.87. The number of hydrogen-bond acceptors (Lipinski definition) is 0. The quantitative estimate of drug-likeness (QED) is 0.661. The van der Waals surface area contributed by atoms with Crippen molar-refractivity contribution < 1.29 is 13.2 Å². The number of hydrogen-bond donors (Lipinski definition) is 0. The highest BCUT2D eigenvalue weighted by Gasteiger charge is 2.21. The largest absolute Gasteiger partial charge is 0.409 e. The van der Waals surface area contributed by atoms with Crippen molar-refractivity contribution in [2.45, 2.75) is 32.4 Å². The third-order valence-corrected chi connectivity index (χ3v) is 2.24. The molecule has 0 saturated heterocycles. The maximum absolute atomic E-state index is 11.9. The van der Waals surface area contributed by atoms with E-state index in [9.17, 15) is 13.2 Å². The minimum Gasteiger partial charge on any atom is -0.167 e. The lowest BCUT2D eigenvalue weighted by molar-refractivity contribution is -0.0790. The first-order valence-electron chi connectivity index (χ1n) is 5.05. The summed E-state index contributed by atoms with van der Waals surface area (Å²) in [5.41, 5.74) is 1.69. The van der Waals surface area contributed by atoms with Crippen molar-refractivity contribution in [1.29, 1.82) is 0 Å². The number of allylic oxidation sites excluding steroid dienone is 1. The summed E-state index contributed by atoms with van der Waals surface area (Å²) in [4.78, 5) is 0. The van der Waals surface area contributed by atoms with Gasteiger partial charge in [0.15, 0.2) is 0 Å². The van der Waals surface area contributed by atoms with Crippen molar-refractivity contribution >= 4 is 6.08 Å². The summed E-state index contributed by atoms with van der Waals surface area (Å²) in [6, 6.07) is 7.11. The van der Waals surface area contributed by atoms with Crippen molar-refractivity contribution in [3.8, 4) is 0 Å². The minimum absolute atomic E-state index is 0.0201. The summed E-state index contributed by atoms with van der Waals surface area (Å²) in [7, 11) is 0. The third kappa shape index (κ3) is 4.09. The van der Waals surface area contributed by atoms with Gasteiger partial charge >= 0.3 is 6.18 Å². The van der Waals surface area contributed by atoms with Crippen molar-refractivity contribution in [2.24, 2.45) is 0 Å². The zero-order valence-corrected chi connectivity index (χ0v) is 9.60. The molecule has 0 heterocycles. The van der Waals surface area contributed by atoms with E-state index < -0.39 is 6.18 Å². The van der Waals surface area contributed by atoms with Crippen molar-refractivity contribution in [3.05, 3.63) is 41.5 Å². The van der Waals surface area contributed by atoms with Gasteiger partial charge in [-0.05, 0) is 16.5 Å². The maximum atomic E-state index is 11.9. The number of halogens is 3. The van der Waals surface area contributed by atoms with E-state index in [-0.39, 0.29) is 11.5 Å².